The Hall–Kier alpha value is -10.5. The first kappa shape index (κ1) is 51.0. The lowest BCUT2D eigenvalue weighted by Gasteiger charge is -2.46. The van der Waals surface area contributed by atoms with Gasteiger partial charge in [0.05, 0.1) is 16.4 Å². The van der Waals surface area contributed by atoms with Crippen LogP contribution in [0.15, 0.2) is 291 Å². The van der Waals surface area contributed by atoms with E-state index in [2.05, 4.69) is 336 Å². The molecule has 4 aliphatic heterocycles. The van der Waals surface area contributed by atoms with Gasteiger partial charge in [0.15, 0.2) is 0 Å². The van der Waals surface area contributed by atoms with E-state index < -0.39 is 0 Å². The van der Waals surface area contributed by atoms with Crippen LogP contribution >= 0.6 is 11.3 Å². The third-order valence-electron chi connectivity index (χ3n) is 17.9. The SMILES string of the molecule is CC(C)(C)c1ccc2c3c(sc2c1)N(c1ccccc1)c1cc(N(c2ccccc2)c2ccccc2)cc2c1B3c1cc3c(cc1O2)N(c1ccccc1)c1cc(N(c2ccccc2)c2ccccc2)cc2c1B3c1ccccc1N2c1ccccc1. The number of anilines is 15. The summed E-state index contributed by atoms with van der Waals surface area (Å²) in [5, 5.41) is 2.48. The lowest BCUT2D eigenvalue weighted by Crippen LogP contribution is -2.64. The van der Waals surface area contributed by atoms with Gasteiger partial charge in [-0.2, -0.15) is 0 Å². The fourth-order valence-electron chi connectivity index (χ4n) is 14.2. The van der Waals surface area contributed by atoms with Crippen LogP contribution in [0.3, 0.4) is 0 Å². The number of thiophene rings is 1. The van der Waals surface area contributed by atoms with Gasteiger partial charge in [-0.05, 0) is 164 Å². The maximum absolute atomic E-state index is 7.81. The normalized spacial score (nSPS) is 13.2. The molecule has 4 aliphatic rings. The Morgan fingerprint density at radius 2 is 0.782 bits per heavy atom. The minimum Gasteiger partial charge on any atom is -0.458 e. The van der Waals surface area contributed by atoms with Gasteiger partial charge in [0, 0.05) is 85.1 Å². The Morgan fingerprint density at radius 3 is 1.30 bits per heavy atom. The van der Waals surface area contributed by atoms with Gasteiger partial charge >= 0.3 is 0 Å². The standard InChI is InChI=1S/C78H57B2N5OS/c1-78(2,3)52-43-44-62-73(45-52)87-77-74(62)80-65-50-64-67(51-71(65)86-72-49-61(48-70(76(72)80)85(77)59-39-23-10-24-40-59)82(55-31-15-6-16-32-55)56-33-17-7-18-34-56)84(58-37-21-9-22-38-58)69-47-60(81(53-27-11-4-12-28-53)54-29-13-5-14-30-54)46-68-75(69)79(64)63-41-25-26-42-66(63)83(68)57-35-19-8-20-36-57/h4-51H,1-3H3. The number of nitrogens with zero attached hydrogens (tertiary/aromatic N) is 5. The summed E-state index contributed by atoms with van der Waals surface area (Å²) in [7, 11) is 0. The van der Waals surface area contributed by atoms with E-state index in [1.807, 2.05) is 11.3 Å². The van der Waals surface area contributed by atoms with Crippen molar-refractivity contribution in [3.05, 3.63) is 297 Å². The van der Waals surface area contributed by atoms with E-state index in [4.69, 9.17) is 4.74 Å². The van der Waals surface area contributed by atoms with E-state index in [1.54, 1.807) is 0 Å². The van der Waals surface area contributed by atoms with Crippen LogP contribution in [0.2, 0.25) is 0 Å². The highest BCUT2D eigenvalue weighted by atomic mass is 32.1. The summed E-state index contributed by atoms with van der Waals surface area (Å²) in [6, 6.07) is 107. The average Bonchev–Trinajstić information content (AvgIpc) is 1.67. The number of rotatable bonds is 9. The van der Waals surface area contributed by atoms with Crippen molar-refractivity contribution in [1.82, 2.24) is 0 Å². The Labute approximate surface area is 512 Å². The smallest absolute Gasteiger partial charge is 0.258 e. The molecule has 0 aliphatic carbocycles. The molecule has 17 rings (SSSR count). The Bertz CT molecular complexity index is 4720. The van der Waals surface area contributed by atoms with Crippen molar-refractivity contribution in [1.29, 1.82) is 0 Å². The van der Waals surface area contributed by atoms with Crippen molar-refractivity contribution >= 4 is 152 Å². The van der Waals surface area contributed by atoms with Gasteiger partial charge in [0.1, 0.15) is 11.5 Å². The summed E-state index contributed by atoms with van der Waals surface area (Å²) < 4.78 is 9.09. The zero-order chi connectivity index (χ0) is 57.9. The van der Waals surface area contributed by atoms with Crippen LogP contribution in [0, 0.1) is 0 Å². The molecule has 0 unspecified atom stereocenters. The second-order valence-corrected chi connectivity index (χ2v) is 25.1. The van der Waals surface area contributed by atoms with Crippen molar-refractivity contribution in [3.8, 4) is 11.5 Å². The molecule has 412 valence electrons. The van der Waals surface area contributed by atoms with Crippen LogP contribution in [0.1, 0.15) is 26.3 Å². The number of fused-ring (bicyclic) bond motifs is 10. The quantitative estimate of drug-likeness (QED) is 0.134. The fourth-order valence-corrected chi connectivity index (χ4v) is 15.5. The van der Waals surface area contributed by atoms with Gasteiger partial charge in [0.2, 0.25) is 0 Å². The molecule has 87 heavy (non-hydrogen) atoms. The lowest BCUT2D eigenvalue weighted by molar-refractivity contribution is 0.488. The first-order chi connectivity index (χ1) is 42.8. The van der Waals surface area contributed by atoms with Crippen molar-refractivity contribution in [2.75, 3.05) is 24.5 Å². The topological polar surface area (TPSA) is 25.4 Å². The molecule has 5 heterocycles. The molecular weight excluding hydrogens is 1080 g/mol. The highest BCUT2D eigenvalue weighted by Crippen LogP contribution is 2.52. The molecule has 9 heteroatoms. The van der Waals surface area contributed by atoms with E-state index in [0.717, 1.165) is 102 Å². The number of hydrogen-bond acceptors (Lipinski definition) is 7. The number of para-hydroxylation sites is 8. The van der Waals surface area contributed by atoms with Crippen LogP contribution in [0.25, 0.3) is 10.1 Å². The molecule has 0 saturated heterocycles. The van der Waals surface area contributed by atoms with Crippen LogP contribution < -0.4 is 62.0 Å². The van der Waals surface area contributed by atoms with Gasteiger partial charge in [-0.3, -0.25) is 0 Å². The molecule has 12 aromatic carbocycles. The van der Waals surface area contributed by atoms with Gasteiger partial charge in [-0.1, -0.05) is 185 Å². The third-order valence-corrected chi connectivity index (χ3v) is 19.1. The highest BCUT2D eigenvalue weighted by molar-refractivity contribution is 7.26. The second-order valence-electron chi connectivity index (χ2n) is 24.1. The predicted molar refractivity (Wildman–Crippen MR) is 370 cm³/mol. The molecule has 0 N–H and O–H groups in total. The van der Waals surface area contributed by atoms with Gasteiger partial charge in [-0.15, -0.1) is 11.3 Å². The molecule has 1 aromatic heterocycles. The van der Waals surface area contributed by atoms with Gasteiger partial charge in [-0.25, -0.2) is 0 Å². The first-order valence-corrected chi connectivity index (χ1v) is 30.9. The summed E-state index contributed by atoms with van der Waals surface area (Å²) in [6.45, 7) is 6.60. The number of hydrogen-bond donors (Lipinski definition) is 0. The minimum atomic E-state index is -0.192. The van der Waals surface area contributed by atoms with E-state index in [0.29, 0.717) is 0 Å². The van der Waals surface area contributed by atoms with Crippen molar-refractivity contribution < 1.29 is 4.74 Å². The summed E-state index contributed by atoms with van der Waals surface area (Å²) in [5.41, 5.74) is 23.8. The molecule has 0 saturated carbocycles. The van der Waals surface area contributed by atoms with E-state index in [-0.39, 0.29) is 18.8 Å². The van der Waals surface area contributed by atoms with Crippen LogP contribution in [0.4, 0.5) is 84.6 Å². The molecule has 0 spiro atoms. The maximum atomic E-state index is 7.81. The molecule has 0 atom stereocenters. The van der Waals surface area contributed by atoms with E-state index >= 15 is 0 Å². The summed E-state index contributed by atoms with van der Waals surface area (Å²) in [5.74, 6) is 1.68. The summed E-state index contributed by atoms with van der Waals surface area (Å²) >= 11 is 1.90. The molecular formula is C78H57B2N5OS. The van der Waals surface area contributed by atoms with Crippen molar-refractivity contribution in [2.45, 2.75) is 26.2 Å². The largest absolute Gasteiger partial charge is 0.458 e. The maximum Gasteiger partial charge on any atom is 0.258 e. The molecule has 0 amide bonds. The third kappa shape index (κ3) is 8.17. The number of ether oxygens (including phenoxy) is 1. The van der Waals surface area contributed by atoms with Crippen LogP contribution in [-0.4, -0.2) is 13.4 Å². The van der Waals surface area contributed by atoms with Gasteiger partial charge < -0.3 is 29.2 Å². The Morgan fingerprint density at radius 1 is 0.333 bits per heavy atom. The summed E-state index contributed by atoms with van der Waals surface area (Å²) in [6.07, 6.45) is 0. The Kier molecular flexibility index (Phi) is 11.8. The first-order valence-electron chi connectivity index (χ1n) is 30.1. The predicted octanol–water partition coefficient (Wildman–Crippen LogP) is 17.6. The minimum absolute atomic E-state index is 0.0419. The van der Waals surface area contributed by atoms with E-state index in [9.17, 15) is 0 Å². The second kappa shape index (κ2) is 20.1. The highest BCUT2D eigenvalue weighted by Gasteiger charge is 2.49. The molecule has 13 aromatic rings. The monoisotopic (exact) mass is 1130 g/mol. The zero-order valence-corrected chi connectivity index (χ0v) is 49.2. The van der Waals surface area contributed by atoms with Crippen molar-refractivity contribution in [2.24, 2.45) is 0 Å². The molecule has 0 radical (unpaired) electrons. The average molecular weight is 1130 g/mol. The number of benzene rings is 12. The Balaban J connectivity index is 0.972. The lowest BCUT2D eigenvalue weighted by atomic mass is 9.30. The van der Waals surface area contributed by atoms with Gasteiger partial charge in [0.25, 0.3) is 13.4 Å². The molecule has 0 bridgehead atoms. The molecule has 0 fully saturated rings. The molecule has 6 nitrogen and oxygen atoms in total. The van der Waals surface area contributed by atoms with Crippen LogP contribution in [-0.2, 0) is 5.41 Å². The van der Waals surface area contributed by atoms with E-state index in [1.165, 1.54) is 42.5 Å². The zero-order valence-electron chi connectivity index (χ0n) is 48.4. The summed E-state index contributed by atoms with van der Waals surface area (Å²) in [4.78, 5) is 12.3. The fraction of sp³-hybridized carbons (Fsp3) is 0.0513. The van der Waals surface area contributed by atoms with Crippen molar-refractivity contribution in [3.63, 3.8) is 0 Å². The van der Waals surface area contributed by atoms with Crippen LogP contribution in [0.5, 0.6) is 11.5 Å².